The van der Waals surface area contributed by atoms with Gasteiger partial charge in [0.15, 0.2) is 0 Å². The second-order valence-electron chi connectivity index (χ2n) is 2.77. The molecule has 0 amide bonds. The maximum Gasteiger partial charge on any atom is 0.108 e. The Morgan fingerprint density at radius 1 is 1.69 bits per heavy atom. The second-order valence-corrected chi connectivity index (χ2v) is 6.69. The summed E-state index contributed by atoms with van der Waals surface area (Å²) in [7, 11) is 0. The number of hydrogen-bond acceptors (Lipinski definition) is 1. The number of allylic oxidation sites excluding steroid dienone is 1. The molecule has 0 bridgehead atoms. The van der Waals surface area contributed by atoms with Crippen LogP contribution in [-0.4, -0.2) is 4.83 Å². The van der Waals surface area contributed by atoms with Crippen molar-refractivity contribution in [3.63, 3.8) is 0 Å². The van der Waals surface area contributed by atoms with Gasteiger partial charge in [-0.05, 0) is 41.9 Å². The molecule has 0 saturated heterocycles. The molecule has 0 nitrogen and oxygen atoms in total. The molecule has 1 rings (SSSR count). The molecule has 1 unspecified atom stereocenters. The summed E-state index contributed by atoms with van der Waals surface area (Å²) >= 11 is 14.4. The van der Waals surface area contributed by atoms with E-state index in [4.69, 9.17) is 11.6 Å². The number of hydrogen-bond donors (Lipinski definition) is 0. The largest absolute Gasteiger partial charge is 0.123 e. The quantitative estimate of drug-likeness (QED) is 0.634. The first-order chi connectivity index (χ1) is 6.00. The minimum atomic E-state index is 0.409. The molecule has 1 heterocycles. The van der Waals surface area contributed by atoms with Crippen LogP contribution in [0.15, 0.2) is 16.1 Å². The molecule has 0 aliphatic heterocycles. The number of thiophene rings is 1. The molecule has 0 N–H and O–H groups in total. The van der Waals surface area contributed by atoms with Crippen molar-refractivity contribution in [3.8, 4) is 0 Å². The predicted molar refractivity (Wildman–Crippen MR) is 69.1 cm³/mol. The highest BCUT2D eigenvalue weighted by Gasteiger charge is 2.04. The van der Waals surface area contributed by atoms with E-state index < -0.39 is 0 Å². The van der Waals surface area contributed by atoms with E-state index in [1.165, 1.54) is 10.5 Å². The topological polar surface area (TPSA) is 0 Å². The smallest absolute Gasteiger partial charge is 0.108 e. The van der Waals surface area contributed by atoms with E-state index in [-0.39, 0.29) is 0 Å². The van der Waals surface area contributed by atoms with Crippen molar-refractivity contribution in [1.29, 1.82) is 0 Å². The number of rotatable bonds is 2. The lowest BCUT2D eigenvalue weighted by molar-refractivity contribution is 1.16. The first kappa shape index (κ1) is 11.8. The molecule has 0 radical (unpaired) electrons. The summed E-state index contributed by atoms with van der Waals surface area (Å²) in [4.78, 5) is 1.59. The van der Waals surface area contributed by atoms with Crippen LogP contribution >= 0.6 is 54.8 Å². The SMILES string of the molecule is C/C(=C\c1cc(Br)c(Cl)s1)C(C)Br. The molecule has 0 aliphatic rings. The van der Waals surface area contributed by atoms with E-state index in [0.717, 1.165) is 8.81 Å². The second kappa shape index (κ2) is 4.96. The summed E-state index contributed by atoms with van der Waals surface area (Å²) < 4.78 is 1.78. The minimum Gasteiger partial charge on any atom is -0.123 e. The normalized spacial score (nSPS) is 14.7. The summed E-state index contributed by atoms with van der Waals surface area (Å²) in [5.74, 6) is 0. The summed E-state index contributed by atoms with van der Waals surface area (Å²) in [6, 6.07) is 2.03. The van der Waals surface area contributed by atoms with E-state index in [1.807, 2.05) is 6.07 Å². The molecule has 0 fully saturated rings. The van der Waals surface area contributed by atoms with Gasteiger partial charge in [0.1, 0.15) is 4.34 Å². The van der Waals surface area contributed by atoms with Gasteiger partial charge in [-0.2, -0.15) is 0 Å². The van der Waals surface area contributed by atoms with Crippen LogP contribution < -0.4 is 0 Å². The van der Waals surface area contributed by atoms with Crippen LogP contribution in [0, 0.1) is 0 Å². The third-order valence-corrected chi connectivity index (χ3v) is 4.81. The van der Waals surface area contributed by atoms with E-state index >= 15 is 0 Å². The number of halogens is 3. The maximum atomic E-state index is 5.92. The average molecular weight is 344 g/mol. The molecule has 0 aliphatic carbocycles. The standard InChI is InChI=1S/C9H9Br2ClS/c1-5(6(2)10)3-7-4-8(11)9(12)13-7/h3-4,6H,1-2H3/b5-3+. The monoisotopic (exact) mass is 342 g/mol. The fourth-order valence-corrected chi connectivity index (χ4v) is 2.65. The fraction of sp³-hybridized carbons (Fsp3) is 0.333. The Labute approximate surface area is 104 Å². The van der Waals surface area contributed by atoms with Crippen molar-refractivity contribution in [3.05, 3.63) is 25.3 Å². The van der Waals surface area contributed by atoms with Gasteiger partial charge in [-0.15, -0.1) is 11.3 Å². The van der Waals surface area contributed by atoms with Crippen LogP contribution in [-0.2, 0) is 0 Å². The third kappa shape index (κ3) is 3.39. The van der Waals surface area contributed by atoms with E-state index in [2.05, 4.69) is 51.8 Å². The molecule has 1 atom stereocenters. The van der Waals surface area contributed by atoms with Gasteiger partial charge in [0.05, 0.1) is 0 Å². The minimum absolute atomic E-state index is 0.409. The highest BCUT2D eigenvalue weighted by atomic mass is 79.9. The Morgan fingerprint density at radius 3 is 2.69 bits per heavy atom. The number of alkyl halides is 1. The molecule has 0 saturated carbocycles. The van der Waals surface area contributed by atoms with Crippen LogP contribution in [0.5, 0.6) is 0 Å². The summed E-state index contributed by atoms with van der Waals surface area (Å²) in [6.45, 7) is 4.21. The van der Waals surface area contributed by atoms with Crippen LogP contribution in [0.3, 0.4) is 0 Å². The lowest BCUT2D eigenvalue weighted by Gasteiger charge is -2.00. The van der Waals surface area contributed by atoms with E-state index in [0.29, 0.717) is 4.83 Å². The molecule has 1 aromatic heterocycles. The van der Waals surface area contributed by atoms with E-state index in [9.17, 15) is 0 Å². The molecule has 72 valence electrons. The molecule has 0 aromatic carbocycles. The predicted octanol–water partition coefficient (Wildman–Crippen LogP) is 5.35. The zero-order chi connectivity index (χ0) is 10.0. The molecule has 13 heavy (non-hydrogen) atoms. The highest BCUT2D eigenvalue weighted by molar-refractivity contribution is 9.10. The molecular weight excluding hydrogens is 335 g/mol. The van der Waals surface area contributed by atoms with E-state index in [1.54, 1.807) is 11.3 Å². The molecular formula is C9H9Br2ClS. The van der Waals surface area contributed by atoms with Gasteiger partial charge in [-0.1, -0.05) is 33.1 Å². The first-order valence-electron chi connectivity index (χ1n) is 3.78. The lowest BCUT2D eigenvalue weighted by Crippen LogP contribution is -1.89. The van der Waals surface area contributed by atoms with Crippen molar-refractivity contribution in [2.75, 3.05) is 0 Å². The van der Waals surface area contributed by atoms with Crippen molar-refractivity contribution < 1.29 is 0 Å². The van der Waals surface area contributed by atoms with Crippen LogP contribution in [0.25, 0.3) is 6.08 Å². The van der Waals surface area contributed by atoms with Gasteiger partial charge in [0.25, 0.3) is 0 Å². The molecule has 1 aromatic rings. The van der Waals surface area contributed by atoms with Crippen LogP contribution in [0.2, 0.25) is 4.34 Å². The molecule has 0 spiro atoms. The van der Waals surface area contributed by atoms with Crippen molar-refractivity contribution in [2.45, 2.75) is 18.7 Å². The Morgan fingerprint density at radius 2 is 2.31 bits per heavy atom. The Bertz CT molecular complexity index is 309. The average Bonchev–Trinajstić information content (AvgIpc) is 2.31. The first-order valence-corrected chi connectivity index (χ1v) is 6.68. The Kier molecular flexibility index (Phi) is 4.49. The fourth-order valence-electron chi connectivity index (χ4n) is 0.774. The van der Waals surface area contributed by atoms with Crippen LogP contribution in [0.1, 0.15) is 18.7 Å². The Hall–Kier alpha value is 0.690. The summed E-state index contributed by atoms with van der Waals surface area (Å²) in [6.07, 6.45) is 2.14. The van der Waals surface area contributed by atoms with Gasteiger partial charge in [0.2, 0.25) is 0 Å². The lowest BCUT2D eigenvalue weighted by atomic mass is 10.2. The van der Waals surface area contributed by atoms with Gasteiger partial charge in [0, 0.05) is 14.2 Å². The zero-order valence-electron chi connectivity index (χ0n) is 7.27. The highest BCUT2D eigenvalue weighted by Crippen LogP contribution is 2.33. The Balaban J connectivity index is 2.91. The van der Waals surface area contributed by atoms with Gasteiger partial charge < -0.3 is 0 Å². The molecule has 4 heteroatoms. The third-order valence-electron chi connectivity index (χ3n) is 1.66. The van der Waals surface area contributed by atoms with Crippen LogP contribution in [0.4, 0.5) is 0 Å². The van der Waals surface area contributed by atoms with Gasteiger partial charge >= 0.3 is 0 Å². The summed E-state index contributed by atoms with van der Waals surface area (Å²) in [5.41, 5.74) is 1.30. The van der Waals surface area contributed by atoms with Crippen molar-refractivity contribution in [1.82, 2.24) is 0 Å². The maximum absolute atomic E-state index is 5.92. The zero-order valence-corrected chi connectivity index (χ0v) is 12.0. The summed E-state index contributed by atoms with van der Waals surface area (Å²) in [5, 5.41) is 0. The van der Waals surface area contributed by atoms with Gasteiger partial charge in [-0.25, -0.2) is 0 Å². The van der Waals surface area contributed by atoms with Gasteiger partial charge in [-0.3, -0.25) is 0 Å². The van der Waals surface area contributed by atoms with Crippen molar-refractivity contribution in [2.24, 2.45) is 0 Å². The van der Waals surface area contributed by atoms with Crippen molar-refractivity contribution >= 4 is 60.9 Å².